The number of aliphatic hydroxyl groups excluding tert-OH is 1. The average molecular weight is 717 g/mol. The van der Waals surface area contributed by atoms with Crippen LogP contribution in [0.5, 0.6) is 0 Å². The second-order valence-corrected chi connectivity index (χ2v) is 15.4. The van der Waals surface area contributed by atoms with Crippen LogP contribution < -0.4 is 10.2 Å². The highest BCUT2D eigenvalue weighted by molar-refractivity contribution is 7.89. The van der Waals surface area contributed by atoms with Crippen molar-refractivity contribution in [2.24, 2.45) is 18.9 Å². The number of piperazine rings is 2. The number of carbonyl (C=O) groups is 2. The molecule has 0 bridgehead atoms. The molecule has 0 aliphatic carbocycles. The summed E-state index contributed by atoms with van der Waals surface area (Å²) < 4.78 is 56.0. The molecule has 3 aliphatic heterocycles. The maximum Gasteiger partial charge on any atom is 0.410 e. The Morgan fingerprint density at radius 2 is 1.80 bits per heavy atom. The average Bonchev–Trinajstić information content (AvgIpc) is 3.54. The number of benzene rings is 1. The molecule has 4 heterocycles. The van der Waals surface area contributed by atoms with E-state index in [-0.39, 0.29) is 42.5 Å². The number of imidazole rings is 1. The van der Waals surface area contributed by atoms with Crippen molar-refractivity contribution in [1.82, 2.24) is 24.1 Å². The van der Waals surface area contributed by atoms with Crippen LogP contribution in [-0.2, 0) is 31.3 Å². The van der Waals surface area contributed by atoms with E-state index in [4.69, 9.17) is 9.47 Å². The van der Waals surface area contributed by atoms with E-state index in [1.165, 1.54) is 29.0 Å². The third kappa shape index (κ3) is 9.50. The Hall–Kier alpha value is -3.79. The van der Waals surface area contributed by atoms with Crippen LogP contribution in [0.3, 0.4) is 0 Å². The molecule has 1 aromatic carbocycles. The number of carbonyl (C=O) groups excluding carboxylic acids is 2. The highest BCUT2D eigenvalue weighted by atomic mass is 32.2. The Bertz CT molecular complexity index is 1670. The smallest absolute Gasteiger partial charge is 0.410 e. The first-order valence-electron chi connectivity index (χ1n) is 17.2. The predicted octanol–water partition coefficient (Wildman–Crippen LogP) is 3.17. The van der Waals surface area contributed by atoms with Crippen LogP contribution in [0, 0.1) is 17.7 Å². The Labute approximate surface area is 293 Å². The number of ether oxygens (including phenoxy) is 2. The van der Waals surface area contributed by atoms with Crippen LogP contribution >= 0.6 is 0 Å². The lowest BCUT2D eigenvalue weighted by Crippen LogP contribution is -2.48. The third-order valence-electron chi connectivity index (χ3n) is 9.51. The number of aliphatic hydroxyl groups is 1. The van der Waals surface area contributed by atoms with Gasteiger partial charge in [0.2, 0.25) is 0 Å². The summed E-state index contributed by atoms with van der Waals surface area (Å²) in [5, 5.41) is 13.9. The van der Waals surface area contributed by atoms with Gasteiger partial charge in [-0.1, -0.05) is 26.0 Å². The topological polar surface area (TPSA) is 147 Å². The molecule has 2 N–H and O–H groups in total. The van der Waals surface area contributed by atoms with Gasteiger partial charge in [-0.2, -0.15) is 4.31 Å². The summed E-state index contributed by atoms with van der Waals surface area (Å²) in [7, 11) is -2.03. The number of nitrogens with zero attached hydrogens (tertiary/aromatic N) is 5. The standard InChI is InChI=1S/C35H49FN6O7S/c1-24-5-7-30(43)21-33(44)49-34(25(2)6-8-31(24)48-35(45)41-11-9-37-10-12-41)26(3)17-27-18-28(36)20-29(19-27)40-13-15-42(16-14-40)50(46,47)32-22-39(4)23-38-32/h6,8,17-20,22-25,30-31,34,37,43H,5,7,9-16,21H2,1-4H3/b8-6?,26-17+. The van der Waals surface area contributed by atoms with E-state index in [9.17, 15) is 23.1 Å². The summed E-state index contributed by atoms with van der Waals surface area (Å²) >= 11 is 0. The lowest BCUT2D eigenvalue weighted by Gasteiger charge is -2.35. The zero-order valence-electron chi connectivity index (χ0n) is 29.2. The molecule has 13 nitrogen and oxygen atoms in total. The maximum atomic E-state index is 15.0. The molecule has 1 amide bonds. The number of rotatable bonds is 6. The molecule has 2 saturated heterocycles. The number of aromatic nitrogens is 2. The number of esters is 1. The van der Waals surface area contributed by atoms with E-state index >= 15 is 4.39 Å². The molecule has 0 saturated carbocycles. The van der Waals surface area contributed by atoms with Crippen molar-refractivity contribution in [3.05, 3.63) is 59.8 Å². The summed E-state index contributed by atoms with van der Waals surface area (Å²) in [6, 6.07) is 4.63. The van der Waals surface area contributed by atoms with E-state index in [1.807, 2.05) is 37.0 Å². The van der Waals surface area contributed by atoms with E-state index in [0.717, 1.165) is 0 Å². The quantitative estimate of drug-likeness (QED) is 0.338. The SMILES string of the molecule is C/C(=C\c1cc(F)cc(N2CCN(S(=O)(=O)c3cn(C)cn3)CC2)c1)C1OC(=O)CC(O)CCC(C)C(OC(=O)N2CCNCC2)C=CC1C. The Kier molecular flexibility index (Phi) is 12.4. The van der Waals surface area contributed by atoms with E-state index in [2.05, 4.69) is 10.3 Å². The minimum Gasteiger partial charge on any atom is -0.457 e. The lowest BCUT2D eigenvalue weighted by molar-refractivity contribution is -0.151. The van der Waals surface area contributed by atoms with Gasteiger partial charge in [0.25, 0.3) is 10.0 Å². The summed E-state index contributed by atoms with van der Waals surface area (Å²) in [5.74, 6) is -1.45. The fourth-order valence-electron chi connectivity index (χ4n) is 6.54. The molecule has 274 valence electrons. The first kappa shape index (κ1) is 37.5. The van der Waals surface area contributed by atoms with Gasteiger partial charge in [-0.05, 0) is 61.1 Å². The van der Waals surface area contributed by atoms with Crippen molar-refractivity contribution < 1.29 is 37.0 Å². The van der Waals surface area contributed by atoms with Crippen LogP contribution in [0.25, 0.3) is 6.08 Å². The zero-order valence-corrected chi connectivity index (χ0v) is 30.0. The first-order valence-corrected chi connectivity index (χ1v) is 18.7. The van der Waals surface area contributed by atoms with Crippen LogP contribution in [0.4, 0.5) is 14.9 Å². The van der Waals surface area contributed by atoms with Gasteiger partial charge in [0.1, 0.15) is 18.0 Å². The molecule has 5 unspecified atom stereocenters. The molecule has 0 radical (unpaired) electrons. The number of amides is 1. The van der Waals surface area contributed by atoms with Crippen molar-refractivity contribution in [3.8, 4) is 0 Å². The van der Waals surface area contributed by atoms with Crippen molar-refractivity contribution in [2.75, 3.05) is 57.3 Å². The minimum atomic E-state index is -3.74. The van der Waals surface area contributed by atoms with Crippen molar-refractivity contribution >= 4 is 33.8 Å². The molecular weight excluding hydrogens is 667 g/mol. The highest BCUT2D eigenvalue weighted by Crippen LogP contribution is 2.28. The fourth-order valence-corrected chi connectivity index (χ4v) is 7.92. The van der Waals surface area contributed by atoms with Gasteiger partial charge in [-0.3, -0.25) is 4.79 Å². The molecule has 15 heteroatoms. The molecule has 0 spiro atoms. The number of sulfonamides is 1. The molecular formula is C35H49FN6O7S. The van der Waals surface area contributed by atoms with Gasteiger partial charge in [0.05, 0.1) is 18.9 Å². The molecule has 5 rings (SSSR count). The van der Waals surface area contributed by atoms with E-state index < -0.39 is 40.1 Å². The lowest BCUT2D eigenvalue weighted by atomic mass is 9.91. The summed E-state index contributed by atoms with van der Waals surface area (Å²) in [6.07, 6.45) is 6.54. The van der Waals surface area contributed by atoms with Gasteiger partial charge < -0.3 is 34.3 Å². The summed E-state index contributed by atoms with van der Waals surface area (Å²) in [5.41, 5.74) is 1.82. The van der Waals surface area contributed by atoms with Crippen LogP contribution in [0.2, 0.25) is 0 Å². The van der Waals surface area contributed by atoms with Crippen LogP contribution in [0.1, 0.15) is 45.6 Å². The number of anilines is 1. The summed E-state index contributed by atoms with van der Waals surface area (Å²) in [6.45, 7) is 9.35. The number of hydrogen-bond acceptors (Lipinski definition) is 10. The van der Waals surface area contributed by atoms with Crippen LogP contribution in [-0.4, -0.2) is 115 Å². The number of halogens is 1. The van der Waals surface area contributed by atoms with Crippen molar-refractivity contribution in [3.63, 3.8) is 0 Å². The molecule has 1 aromatic heterocycles. The minimum absolute atomic E-state index is 0.00521. The fraction of sp³-hybridized carbons (Fsp3) is 0.571. The van der Waals surface area contributed by atoms with Gasteiger partial charge >= 0.3 is 12.1 Å². The van der Waals surface area contributed by atoms with E-state index in [1.54, 1.807) is 29.5 Å². The number of cyclic esters (lactones) is 1. The van der Waals surface area contributed by atoms with Gasteiger partial charge in [0, 0.05) is 77.2 Å². The number of nitrogens with one attached hydrogen (secondary N) is 1. The number of hydrogen-bond donors (Lipinski definition) is 2. The Balaban J connectivity index is 1.33. The molecule has 2 aromatic rings. The highest BCUT2D eigenvalue weighted by Gasteiger charge is 2.31. The molecule has 2 fully saturated rings. The van der Waals surface area contributed by atoms with Crippen molar-refractivity contribution in [1.29, 1.82) is 0 Å². The Morgan fingerprint density at radius 3 is 2.48 bits per heavy atom. The molecule has 50 heavy (non-hydrogen) atoms. The predicted molar refractivity (Wildman–Crippen MR) is 186 cm³/mol. The molecule has 5 atom stereocenters. The maximum absolute atomic E-state index is 15.0. The van der Waals surface area contributed by atoms with Gasteiger partial charge in [0.15, 0.2) is 5.03 Å². The second kappa shape index (κ2) is 16.5. The second-order valence-electron chi connectivity index (χ2n) is 13.6. The van der Waals surface area contributed by atoms with Crippen LogP contribution in [0.15, 0.2) is 53.5 Å². The number of aryl methyl sites for hydroxylation is 1. The van der Waals surface area contributed by atoms with Gasteiger partial charge in [-0.15, -0.1) is 0 Å². The largest absolute Gasteiger partial charge is 0.457 e. The van der Waals surface area contributed by atoms with Crippen molar-refractivity contribution in [2.45, 2.75) is 63.4 Å². The molecule has 3 aliphatic rings. The monoisotopic (exact) mass is 716 g/mol. The zero-order chi connectivity index (χ0) is 36.0. The van der Waals surface area contributed by atoms with Gasteiger partial charge in [-0.25, -0.2) is 22.6 Å². The van der Waals surface area contributed by atoms with E-state index in [0.29, 0.717) is 68.9 Å². The third-order valence-corrected chi connectivity index (χ3v) is 11.3. The first-order chi connectivity index (χ1) is 23.8. The Morgan fingerprint density at radius 1 is 1.08 bits per heavy atom. The summed E-state index contributed by atoms with van der Waals surface area (Å²) in [4.78, 5) is 33.6. The normalized spacial score (nSPS) is 26.6.